The van der Waals surface area contributed by atoms with Crippen LogP contribution in [0.4, 0.5) is 16.4 Å². The van der Waals surface area contributed by atoms with E-state index in [0.717, 1.165) is 37.8 Å². The van der Waals surface area contributed by atoms with E-state index < -0.39 is 0 Å². The van der Waals surface area contributed by atoms with E-state index >= 15 is 0 Å². The van der Waals surface area contributed by atoms with Crippen molar-refractivity contribution in [2.24, 2.45) is 0 Å². The summed E-state index contributed by atoms with van der Waals surface area (Å²) in [7, 11) is 0. The molecule has 2 aromatic heterocycles. The molecule has 0 aliphatic heterocycles. The Morgan fingerprint density at radius 3 is 3.00 bits per heavy atom. The number of carbonyl (C=O) groups is 1. The van der Waals surface area contributed by atoms with Gasteiger partial charge in [-0.05, 0) is 39.0 Å². The molecule has 9 nitrogen and oxygen atoms in total. The summed E-state index contributed by atoms with van der Waals surface area (Å²) in [6.45, 7) is 2.03. The lowest BCUT2D eigenvalue weighted by atomic mass is 10.0. The van der Waals surface area contributed by atoms with Crippen molar-refractivity contribution < 1.29 is 9.53 Å². The number of alkyl carbamates (subject to hydrolysis) is 1. The van der Waals surface area contributed by atoms with Crippen molar-refractivity contribution in [1.29, 1.82) is 5.26 Å². The van der Waals surface area contributed by atoms with E-state index in [9.17, 15) is 4.79 Å². The fourth-order valence-corrected chi connectivity index (χ4v) is 3.30. The van der Waals surface area contributed by atoms with Crippen molar-refractivity contribution in [3.05, 3.63) is 29.6 Å². The summed E-state index contributed by atoms with van der Waals surface area (Å²) in [5.41, 5.74) is 1.35. The number of amides is 1. The van der Waals surface area contributed by atoms with Gasteiger partial charge in [-0.2, -0.15) is 15.5 Å². The average Bonchev–Trinajstić information content (AvgIpc) is 3.02. The van der Waals surface area contributed by atoms with Crippen LogP contribution in [0.2, 0.25) is 0 Å². The molecule has 2 saturated carbocycles. The molecule has 2 fully saturated rings. The number of carbonyl (C=O) groups excluding carboxylic acids is 1. The summed E-state index contributed by atoms with van der Waals surface area (Å²) in [4.78, 5) is 12.0. The summed E-state index contributed by atoms with van der Waals surface area (Å²) in [6, 6.07) is 5.55. The number of aromatic amines is 1. The normalized spacial score (nSPS) is 22.7. The minimum absolute atomic E-state index is 0.0647. The van der Waals surface area contributed by atoms with Gasteiger partial charge in [0.2, 0.25) is 0 Å². The van der Waals surface area contributed by atoms with Crippen LogP contribution in [0.3, 0.4) is 0 Å². The third-order valence-electron chi connectivity index (χ3n) is 5.14. The number of anilines is 2. The van der Waals surface area contributed by atoms with Gasteiger partial charge in [0.1, 0.15) is 12.2 Å². The van der Waals surface area contributed by atoms with E-state index in [4.69, 9.17) is 10.00 Å². The van der Waals surface area contributed by atoms with Crippen LogP contribution < -0.4 is 10.6 Å². The van der Waals surface area contributed by atoms with Crippen LogP contribution in [0.1, 0.15) is 56.2 Å². The first kappa shape index (κ1) is 17.3. The fraction of sp³-hybridized carbons (Fsp3) is 0.500. The van der Waals surface area contributed by atoms with Gasteiger partial charge in [0, 0.05) is 29.3 Å². The Bertz CT molecular complexity index is 884. The Labute approximate surface area is 156 Å². The molecule has 2 heterocycles. The largest absolute Gasteiger partial charge is 0.446 e. The van der Waals surface area contributed by atoms with Gasteiger partial charge in [-0.25, -0.2) is 4.79 Å². The van der Waals surface area contributed by atoms with Crippen LogP contribution >= 0.6 is 0 Å². The number of ether oxygens (including phenoxy) is 1. The van der Waals surface area contributed by atoms with Crippen LogP contribution in [0.15, 0.2) is 18.3 Å². The third kappa shape index (κ3) is 4.16. The molecule has 2 atom stereocenters. The lowest BCUT2D eigenvalue weighted by molar-refractivity contribution is 0.0967. The SMILES string of the molecule is CC1(NC(=O)O[C@@H]2CC[C@H](c3cc(Nc4cc(C#N)cnn4)n[nH]3)C2)CC1. The summed E-state index contributed by atoms with van der Waals surface area (Å²) >= 11 is 0. The number of rotatable bonds is 5. The first-order chi connectivity index (χ1) is 13.0. The molecule has 140 valence electrons. The van der Waals surface area contributed by atoms with Crippen molar-refractivity contribution in [2.45, 2.75) is 56.6 Å². The molecule has 9 heteroatoms. The smallest absolute Gasteiger partial charge is 0.407 e. The van der Waals surface area contributed by atoms with Crippen LogP contribution in [-0.2, 0) is 4.74 Å². The molecule has 3 N–H and O–H groups in total. The number of nitriles is 1. The van der Waals surface area contributed by atoms with Gasteiger partial charge >= 0.3 is 6.09 Å². The van der Waals surface area contributed by atoms with Gasteiger partial charge in [0.15, 0.2) is 11.6 Å². The monoisotopic (exact) mass is 367 g/mol. The van der Waals surface area contributed by atoms with E-state index in [2.05, 4.69) is 31.0 Å². The molecule has 1 amide bonds. The molecule has 0 saturated heterocycles. The second kappa shape index (κ2) is 6.87. The third-order valence-corrected chi connectivity index (χ3v) is 5.14. The lowest BCUT2D eigenvalue weighted by Crippen LogP contribution is -2.36. The van der Waals surface area contributed by atoms with Gasteiger partial charge in [0.05, 0.1) is 11.8 Å². The molecule has 0 spiro atoms. The van der Waals surface area contributed by atoms with Crippen LogP contribution in [0.5, 0.6) is 0 Å². The highest BCUT2D eigenvalue weighted by Crippen LogP contribution is 2.37. The van der Waals surface area contributed by atoms with Crippen molar-refractivity contribution in [1.82, 2.24) is 25.7 Å². The highest BCUT2D eigenvalue weighted by Gasteiger charge is 2.40. The van der Waals surface area contributed by atoms with E-state index in [-0.39, 0.29) is 23.7 Å². The number of hydrogen-bond donors (Lipinski definition) is 3. The Morgan fingerprint density at radius 1 is 1.37 bits per heavy atom. The first-order valence-corrected chi connectivity index (χ1v) is 9.07. The summed E-state index contributed by atoms with van der Waals surface area (Å²) in [6.07, 6.45) is 5.59. The average molecular weight is 367 g/mol. The molecule has 0 bridgehead atoms. The standard InChI is InChI=1S/C18H21N7O2/c1-18(4-5-18)22-17(26)27-13-3-2-12(7-13)14-8-16(25-23-14)21-15-6-11(9-19)10-20-24-15/h6,8,10,12-13H,2-5,7H2,1H3,(H,22,26)(H2,21,23,24,25)/t12-,13+/m0/s1. The minimum Gasteiger partial charge on any atom is -0.446 e. The van der Waals surface area contributed by atoms with Gasteiger partial charge in [-0.15, -0.1) is 5.10 Å². The molecule has 2 aliphatic rings. The van der Waals surface area contributed by atoms with Gasteiger partial charge in [0.25, 0.3) is 0 Å². The highest BCUT2D eigenvalue weighted by atomic mass is 16.6. The van der Waals surface area contributed by atoms with Crippen molar-refractivity contribution in [3.63, 3.8) is 0 Å². The molecule has 0 aromatic carbocycles. The van der Waals surface area contributed by atoms with E-state index in [0.29, 0.717) is 17.2 Å². The predicted octanol–water partition coefficient (Wildman–Crippen LogP) is 2.73. The molecule has 2 aromatic rings. The van der Waals surface area contributed by atoms with Crippen molar-refractivity contribution in [3.8, 4) is 6.07 Å². The Hall–Kier alpha value is -3.15. The van der Waals surface area contributed by atoms with Crippen molar-refractivity contribution >= 4 is 17.7 Å². The summed E-state index contributed by atoms with van der Waals surface area (Å²) in [5.74, 6) is 1.34. The number of nitrogens with one attached hydrogen (secondary N) is 3. The van der Waals surface area contributed by atoms with E-state index in [1.54, 1.807) is 6.07 Å². The lowest BCUT2D eigenvalue weighted by Gasteiger charge is -2.16. The summed E-state index contributed by atoms with van der Waals surface area (Å²) in [5, 5.41) is 29.9. The number of H-pyrrole nitrogens is 1. The maximum absolute atomic E-state index is 12.0. The molecule has 0 unspecified atom stereocenters. The number of nitrogens with zero attached hydrogens (tertiary/aromatic N) is 4. The van der Waals surface area contributed by atoms with Crippen molar-refractivity contribution in [2.75, 3.05) is 5.32 Å². The molecule has 27 heavy (non-hydrogen) atoms. The zero-order valence-electron chi connectivity index (χ0n) is 15.0. The van der Waals surface area contributed by atoms with E-state index in [1.807, 2.05) is 19.1 Å². The topological polar surface area (TPSA) is 129 Å². The molecular weight excluding hydrogens is 346 g/mol. The van der Waals surface area contributed by atoms with E-state index in [1.165, 1.54) is 6.20 Å². The maximum Gasteiger partial charge on any atom is 0.407 e. The second-order valence-corrected chi connectivity index (χ2v) is 7.50. The fourth-order valence-electron chi connectivity index (χ4n) is 3.30. The quantitative estimate of drug-likeness (QED) is 0.741. The van der Waals surface area contributed by atoms with Crippen LogP contribution in [-0.4, -0.2) is 38.1 Å². The molecule has 2 aliphatic carbocycles. The van der Waals surface area contributed by atoms with Gasteiger partial charge in [-0.3, -0.25) is 5.10 Å². The Morgan fingerprint density at radius 2 is 2.22 bits per heavy atom. The minimum atomic E-state index is -0.316. The number of aromatic nitrogens is 4. The van der Waals surface area contributed by atoms with Gasteiger partial charge < -0.3 is 15.4 Å². The first-order valence-electron chi connectivity index (χ1n) is 9.07. The maximum atomic E-state index is 12.0. The predicted molar refractivity (Wildman–Crippen MR) is 96.3 cm³/mol. The van der Waals surface area contributed by atoms with Crippen LogP contribution in [0.25, 0.3) is 0 Å². The van der Waals surface area contributed by atoms with Crippen LogP contribution in [0, 0.1) is 11.3 Å². The highest BCUT2D eigenvalue weighted by molar-refractivity contribution is 5.69. The zero-order valence-corrected chi connectivity index (χ0v) is 15.0. The molecule has 4 rings (SSSR count). The summed E-state index contributed by atoms with van der Waals surface area (Å²) < 4.78 is 5.56. The van der Waals surface area contributed by atoms with Gasteiger partial charge in [-0.1, -0.05) is 0 Å². The molecule has 0 radical (unpaired) electrons. The molecular formula is C18H21N7O2. The zero-order chi connectivity index (χ0) is 18.9. The second-order valence-electron chi connectivity index (χ2n) is 7.50. The number of hydrogen-bond acceptors (Lipinski definition) is 7. The Kier molecular flexibility index (Phi) is 4.39. The Balaban J connectivity index is 1.32.